The summed E-state index contributed by atoms with van der Waals surface area (Å²) in [6.45, 7) is 10.3. The summed E-state index contributed by atoms with van der Waals surface area (Å²) >= 11 is 0. The fraction of sp³-hybridized carbons (Fsp3) is 0.318. The molecular formula is C22H25N3O2. The highest BCUT2D eigenvalue weighted by atomic mass is 16.6. The van der Waals surface area contributed by atoms with Crippen LogP contribution in [0.2, 0.25) is 0 Å². The fourth-order valence-electron chi connectivity index (χ4n) is 3.48. The maximum absolute atomic E-state index is 11.1. The number of rotatable bonds is 3. The molecule has 0 radical (unpaired) electrons. The molecule has 0 atom stereocenters. The van der Waals surface area contributed by atoms with E-state index >= 15 is 0 Å². The molecule has 27 heavy (non-hydrogen) atoms. The molecule has 1 heterocycles. The van der Waals surface area contributed by atoms with E-state index in [1.165, 1.54) is 22.9 Å². The zero-order chi connectivity index (χ0) is 19.9. The molecule has 1 aliphatic heterocycles. The highest BCUT2D eigenvalue weighted by Crippen LogP contribution is 2.39. The van der Waals surface area contributed by atoms with Gasteiger partial charge in [-0.1, -0.05) is 12.1 Å². The van der Waals surface area contributed by atoms with Crippen LogP contribution in [0.3, 0.4) is 0 Å². The maximum Gasteiger partial charge on any atom is 0.274 e. The molecule has 0 spiro atoms. The number of aliphatic imine (C=N–C) groups is 1. The first-order chi connectivity index (χ1) is 12.6. The van der Waals surface area contributed by atoms with Gasteiger partial charge in [0, 0.05) is 36.1 Å². The summed E-state index contributed by atoms with van der Waals surface area (Å²) in [7, 11) is 2.11. The fourth-order valence-corrected chi connectivity index (χ4v) is 3.48. The van der Waals surface area contributed by atoms with Crippen LogP contribution in [0.5, 0.6) is 0 Å². The molecule has 0 saturated carbocycles. The van der Waals surface area contributed by atoms with E-state index in [2.05, 4.69) is 62.8 Å². The summed E-state index contributed by atoms with van der Waals surface area (Å²) in [5, 5.41) is 11.1. The smallest absolute Gasteiger partial charge is 0.274 e. The molecule has 140 valence electrons. The number of fused-ring (bicyclic) bond motifs is 1. The zero-order valence-corrected chi connectivity index (χ0v) is 16.7. The number of aryl methyl sites for hydroxylation is 2. The van der Waals surface area contributed by atoms with Crippen molar-refractivity contribution in [2.24, 2.45) is 4.99 Å². The van der Waals surface area contributed by atoms with Crippen LogP contribution in [0.4, 0.5) is 17.1 Å². The van der Waals surface area contributed by atoms with Crippen molar-refractivity contribution in [3.05, 3.63) is 68.8 Å². The van der Waals surface area contributed by atoms with Gasteiger partial charge in [-0.3, -0.25) is 15.1 Å². The summed E-state index contributed by atoms with van der Waals surface area (Å²) in [5.41, 5.74) is 7.06. The Balaban J connectivity index is 2.00. The van der Waals surface area contributed by atoms with Gasteiger partial charge in [-0.05, 0) is 69.5 Å². The second kappa shape index (κ2) is 6.65. The highest BCUT2D eigenvalue weighted by molar-refractivity contribution is 5.90. The first kappa shape index (κ1) is 18.8. The Labute approximate surface area is 160 Å². The van der Waals surface area contributed by atoms with Crippen molar-refractivity contribution in [2.45, 2.75) is 40.2 Å². The molecule has 0 fully saturated rings. The SMILES string of the molecule is CC1=CC(C)(C)N(C)c2cc(C)c(C=Nc3ccc(C)c([N+](=O)[O-])c3)cc21. The average Bonchev–Trinajstić information content (AvgIpc) is 2.59. The van der Waals surface area contributed by atoms with E-state index in [0.29, 0.717) is 11.3 Å². The molecule has 3 rings (SSSR count). The van der Waals surface area contributed by atoms with Crippen LogP contribution in [0.25, 0.3) is 5.57 Å². The normalized spacial score (nSPS) is 15.6. The largest absolute Gasteiger partial charge is 0.365 e. The topological polar surface area (TPSA) is 58.7 Å². The lowest BCUT2D eigenvalue weighted by Gasteiger charge is -2.41. The van der Waals surface area contributed by atoms with E-state index in [9.17, 15) is 10.1 Å². The first-order valence-electron chi connectivity index (χ1n) is 8.97. The van der Waals surface area contributed by atoms with Crippen LogP contribution in [0, 0.1) is 24.0 Å². The molecule has 0 aliphatic carbocycles. The Morgan fingerprint density at radius 3 is 2.48 bits per heavy atom. The van der Waals surface area contributed by atoms with Crippen molar-refractivity contribution in [2.75, 3.05) is 11.9 Å². The Kier molecular flexibility index (Phi) is 4.64. The summed E-state index contributed by atoms with van der Waals surface area (Å²) in [6, 6.07) is 9.38. The number of nitro groups is 1. The minimum atomic E-state index is -0.371. The molecule has 0 aromatic heterocycles. The molecule has 0 N–H and O–H groups in total. The van der Waals surface area contributed by atoms with Gasteiger partial charge in [0.25, 0.3) is 5.69 Å². The van der Waals surface area contributed by atoms with Crippen molar-refractivity contribution in [1.29, 1.82) is 0 Å². The third-order valence-corrected chi connectivity index (χ3v) is 5.35. The van der Waals surface area contributed by atoms with E-state index in [1.54, 1.807) is 25.3 Å². The molecular weight excluding hydrogens is 338 g/mol. The molecule has 0 saturated heterocycles. The summed E-state index contributed by atoms with van der Waals surface area (Å²) in [5.74, 6) is 0. The van der Waals surface area contributed by atoms with Crippen LogP contribution in [-0.2, 0) is 0 Å². The molecule has 0 unspecified atom stereocenters. The van der Waals surface area contributed by atoms with Crippen LogP contribution in [-0.4, -0.2) is 23.7 Å². The molecule has 2 aromatic carbocycles. The maximum atomic E-state index is 11.1. The van der Waals surface area contributed by atoms with Gasteiger partial charge in [-0.25, -0.2) is 0 Å². The van der Waals surface area contributed by atoms with Gasteiger partial charge in [0.1, 0.15) is 0 Å². The number of nitro benzene ring substituents is 1. The monoisotopic (exact) mass is 363 g/mol. The van der Waals surface area contributed by atoms with Gasteiger partial charge in [-0.2, -0.15) is 0 Å². The summed E-state index contributed by atoms with van der Waals surface area (Å²) in [6.07, 6.45) is 4.06. The number of hydrogen-bond acceptors (Lipinski definition) is 4. The Morgan fingerprint density at radius 2 is 1.81 bits per heavy atom. The summed E-state index contributed by atoms with van der Waals surface area (Å²) in [4.78, 5) is 17.5. The minimum Gasteiger partial charge on any atom is -0.365 e. The average molecular weight is 363 g/mol. The van der Waals surface area contributed by atoms with E-state index in [0.717, 1.165) is 11.1 Å². The van der Waals surface area contributed by atoms with Crippen molar-refractivity contribution < 1.29 is 4.92 Å². The van der Waals surface area contributed by atoms with Gasteiger partial charge in [0.15, 0.2) is 0 Å². The number of allylic oxidation sites excluding steroid dienone is 1. The standard InChI is InChI=1S/C22H25N3O2/c1-14-7-8-18(11-20(14)25(26)27)23-13-17-10-19-16(3)12-22(4,5)24(6)21(19)9-15(17)2/h7-13H,1-6H3. The highest BCUT2D eigenvalue weighted by Gasteiger charge is 2.28. The third-order valence-electron chi connectivity index (χ3n) is 5.35. The van der Waals surface area contributed by atoms with Crippen molar-refractivity contribution >= 4 is 28.8 Å². The second-order valence-electron chi connectivity index (χ2n) is 7.75. The molecule has 5 heteroatoms. The molecule has 0 bridgehead atoms. The van der Waals surface area contributed by atoms with Crippen LogP contribution < -0.4 is 4.90 Å². The van der Waals surface area contributed by atoms with Gasteiger partial charge < -0.3 is 4.90 Å². The third kappa shape index (κ3) is 3.50. The lowest BCUT2D eigenvalue weighted by atomic mass is 9.87. The van der Waals surface area contributed by atoms with Crippen molar-refractivity contribution in [3.8, 4) is 0 Å². The Hall–Kier alpha value is -2.95. The summed E-state index contributed by atoms with van der Waals surface area (Å²) < 4.78 is 0. The number of likely N-dealkylation sites (N-methyl/N-ethyl adjacent to an activating group) is 1. The lowest BCUT2D eigenvalue weighted by molar-refractivity contribution is -0.385. The lowest BCUT2D eigenvalue weighted by Crippen LogP contribution is -2.42. The van der Waals surface area contributed by atoms with Gasteiger partial charge in [0.2, 0.25) is 0 Å². The second-order valence-corrected chi connectivity index (χ2v) is 7.75. The number of anilines is 1. The number of hydrogen-bond donors (Lipinski definition) is 0. The van der Waals surface area contributed by atoms with Gasteiger partial charge >= 0.3 is 0 Å². The van der Waals surface area contributed by atoms with E-state index in [1.807, 2.05) is 0 Å². The molecule has 5 nitrogen and oxygen atoms in total. The minimum absolute atomic E-state index is 0.0278. The molecule has 0 amide bonds. The first-order valence-corrected chi connectivity index (χ1v) is 8.97. The Morgan fingerprint density at radius 1 is 1.11 bits per heavy atom. The van der Waals surface area contributed by atoms with Gasteiger partial charge in [-0.15, -0.1) is 0 Å². The van der Waals surface area contributed by atoms with Crippen molar-refractivity contribution in [3.63, 3.8) is 0 Å². The van der Waals surface area contributed by atoms with Gasteiger partial charge in [0.05, 0.1) is 16.1 Å². The van der Waals surface area contributed by atoms with Crippen LogP contribution in [0.15, 0.2) is 41.4 Å². The van der Waals surface area contributed by atoms with Crippen LogP contribution >= 0.6 is 0 Å². The van der Waals surface area contributed by atoms with Crippen LogP contribution in [0.1, 0.15) is 43.0 Å². The van der Waals surface area contributed by atoms with Crippen molar-refractivity contribution in [1.82, 2.24) is 0 Å². The molecule has 2 aromatic rings. The predicted octanol–water partition coefficient (Wildman–Crippen LogP) is 5.59. The van der Waals surface area contributed by atoms with E-state index in [4.69, 9.17) is 0 Å². The quantitative estimate of drug-likeness (QED) is 0.405. The number of benzene rings is 2. The zero-order valence-electron chi connectivity index (χ0n) is 16.7. The van der Waals surface area contributed by atoms with E-state index < -0.39 is 0 Å². The van der Waals surface area contributed by atoms with E-state index in [-0.39, 0.29) is 16.1 Å². The Bertz CT molecular complexity index is 987. The number of nitrogens with zero attached hydrogens (tertiary/aromatic N) is 3. The molecule has 1 aliphatic rings. The predicted molar refractivity (Wildman–Crippen MR) is 112 cm³/mol.